The second kappa shape index (κ2) is 10.3. The summed E-state index contributed by atoms with van der Waals surface area (Å²) in [6.07, 6.45) is 0. The van der Waals surface area contributed by atoms with Gasteiger partial charge in [0.05, 0.1) is 33.1 Å². The van der Waals surface area contributed by atoms with Gasteiger partial charge in [-0.15, -0.1) is 0 Å². The molecule has 0 fully saturated rings. The lowest BCUT2D eigenvalue weighted by molar-refractivity contribution is 0.669. The molecule has 0 aliphatic carbocycles. The molecule has 0 amide bonds. The number of hydrogen-bond acceptors (Lipinski definition) is 1. The Hall–Kier alpha value is -7.04. The second-order valence-corrected chi connectivity index (χ2v) is 13.7. The summed E-state index contributed by atoms with van der Waals surface area (Å²) in [7, 11) is 0. The van der Waals surface area contributed by atoms with E-state index in [1.54, 1.807) is 0 Å². The van der Waals surface area contributed by atoms with E-state index in [0.29, 0.717) is 0 Å². The number of hydrogen-bond donors (Lipinski definition) is 0. The van der Waals surface area contributed by atoms with Crippen LogP contribution in [0.1, 0.15) is 0 Å². The van der Waals surface area contributed by atoms with Crippen molar-refractivity contribution < 1.29 is 4.42 Å². The van der Waals surface area contributed by atoms with Crippen molar-refractivity contribution in [3.05, 3.63) is 176 Å². The van der Waals surface area contributed by atoms with E-state index in [-0.39, 0.29) is 0 Å². The van der Waals surface area contributed by atoms with Gasteiger partial charge < -0.3 is 18.1 Å². The zero-order chi connectivity index (χ0) is 33.9. The molecule has 0 aliphatic rings. The summed E-state index contributed by atoms with van der Waals surface area (Å²) < 4.78 is 13.5. The van der Waals surface area contributed by atoms with Crippen LogP contribution in [0.25, 0.3) is 104 Å². The maximum absolute atomic E-state index is 6.24. The Morgan fingerprint density at radius 1 is 0.288 bits per heavy atom. The van der Waals surface area contributed by atoms with Gasteiger partial charge in [-0.3, -0.25) is 0 Å². The number of fused-ring (bicyclic) bond motifs is 13. The molecule has 0 N–H and O–H groups in total. The fourth-order valence-electron chi connectivity index (χ4n) is 8.86. The van der Waals surface area contributed by atoms with Crippen LogP contribution in [0.2, 0.25) is 0 Å². The fourth-order valence-corrected chi connectivity index (χ4v) is 8.86. The minimum atomic E-state index is 0.900. The second-order valence-electron chi connectivity index (χ2n) is 13.7. The zero-order valence-electron chi connectivity index (χ0n) is 28.0. The molecule has 0 saturated carbocycles. The first-order valence-electron chi connectivity index (χ1n) is 17.8. The summed E-state index contributed by atoms with van der Waals surface area (Å²) in [5.41, 5.74) is 12.4. The minimum Gasteiger partial charge on any atom is -0.456 e. The van der Waals surface area contributed by atoms with Gasteiger partial charge in [-0.05, 0) is 78.9 Å². The molecule has 12 rings (SSSR count). The molecule has 0 saturated heterocycles. The van der Waals surface area contributed by atoms with Crippen molar-refractivity contribution in [3.63, 3.8) is 0 Å². The van der Waals surface area contributed by atoms with Gasteiger partial charge >= 0.3 is 0 Å². The Bertz CT molecular complexity index is 3350. The summed E-state index contributed by atoms with van der Waals surface area (Å²) in [5.74, 6) is 0. The number of para-hydroxylation sites is 5. The summed E-state index contributed by atoms with van der Waals surface area (Å²) in [6.45, 7) is 0. The smallest absolute Gasteiger partial charge is 0.135 e. The first kappa shape index (κ1) is 27.7. The lowest BCUT2D eigenvalue weighted by Gasteiger charge is -2.12. The molecule has 52 heavy (non-hydrogen) atoms. The quantitative estimate of drug-likeness (QED) is 0.185. The average Bonchev–Trinajstić information content (AvgIpc) is 3.94. The van der Waals surface area contributed by atoms with E-state index >= 15 is 0 Å². The van der Waals surface area contributed by atoms with Crippen LogP contribution >= 0.6 is 0 Å². The van der Waals surface area contributed by atoms with Crippen molar-refractivity contribution in [1.29, 1.82) is 0 Å². The molecule has 4 heterocycles. The highest BCUT2D eigenvalue weighted by Gasteiger charge is 2.21. The Morgan fingerprint density at radius 3 is 1.40 bits per heavy atom. The van der Waals surface area contributed by atoms with Crippen molar-refractivity contribution in [3.8, 4) is 17.1 Å². The first-order valence-corrected chi connectivity index (χ1v) is 17.8. The number of benzene rings is 8. The van der Waals surface area contributed by atoms with Crippen LogP contribution in [-0.4, -0.2) is 13.7 Å². The number of aromatic nitrogens is 3. The molecule has 0 atom stereocenters. The molecule has 0 spiro atoms. The summed E-state index contributed by atoms with van der Waals surface area (Å²) in [5, 5.41) is 9.74. The van der Waals surface area contributed by atoms with Gasteiger partial charge in [-0.2, -0.15) is 0 Å². The van der Waals surface area contributed by atoms with Gasteiger partial charge in [0.25, 0.3) is 0 Å². The van der Waals surface area contributed by atoms with Crippen LogP contribution < -0.4 is 0 Å². The van der Waals surface area contributed by atoms with Crippen molar-refractivity contribution in [2.24, 2.45) is 0 Å². The van der Waals surface area contributed by atoms with Crippen LogP contribution in [0.4, 0.5) is 0 Å². The van der Waals surface area contributed by atoms with E-state index in [1.165, 1.54) is 65.4 Å². The first-order chi connectivity index (χ1) is 25.8. The third-order valence-corrected chi connectivity index (χ3v) is 11.0. The van der Waals surface area contributed by atoms with E-state index in [2.05, 4.69) is 177 Å². The molecule has 4 heteroatoms. The van der Waals surface area contributed by atoms with Crippen molar-refractivity contribution >= 4 is 87.4 Å². The van der Waals surface area contributed by atoms with Crippen LogP contribution in [-0.2, 0) is 0 Å². The molecule has 0 unspecified atom stereocenters. The normalized spacial score (nSPS) is 12.2. The maximum Gasteiger partial charge on any atom is 0.135 e. The molecule has 8 aromatic carbocycles. The topological polar surface area (TPSA) is 27.9 Å². The Morgan fingerprint density at radius 2 is 0.750 bits per heavy atom. The maximum atomic E-state index is 6.24. The third-order valence-electron chi connectivity index (χ3n) is 11.0. The molecule has 0 radical (unpaired) electrons. The molecule has 0 aliphatic heterocycles. The third kappa shape index (κ3) is 3.65. The van der Waals surface area contributed by atoms with E-state index in [0.717, 1.165) is 39.0 Å². The fraction of sp³-hybridized carbons (Fsp3) is 0. The summed E-state index contributed by atoms with van der Waals surface area (Å²) in [4.78, 5) is 0. The minimum absolute atomic E-state index is 0.900. The largest absolute Gasteiger partial charge is 0.456 e. The predicted molar refractivity (Wildman–Crippen MR) is 217 cm³/mol. The Kier molecular flexibility index (Phi) is 5.47. The monoisotopic (exact) mass is 663 g/mol. The van der Waals surface area contributed by atoms with Gasteiger partial charge in [0.2, 0.25) is 0 Å². The Labute approximate surface area is 297 Å². The molecular formula is C48H29N3O. The molecule has 242 valence electrons. The van der Waals surface area contributed by atoms with Crippen LogP contribution in [0, 0.1) is 0 Å². The molecular weight excluding hydrogens is 635 g/mol. The van der Waals surface area contributed by atoms with Crippen LogP contribution in [0.3, 0.4) is 0 Å². The van der Waals surface area contributed by atoms with Gasteiger partial charge in [0, 0.05) is 60.2 Å². The molecule has 4 nitrogen and oxygen atoms in total. The van der Waals surface area contributed by atoms with Crippen LogP contribution in [0.5, 0.6) is 0 Å². The lowest BCUT2D eigenvalue weighted by atomic mass is 10.1. The van der Waals surface area contributed by atoms with E-state index in [4.69, 9.17) is 4.42 Å². The molecule has 0 bridgehead atoms. The number of nitrogens with zero attached hydrogens (tertiary/aromatic N) is 3. The highest BCUT2D eigenvalue weighted by Crippen LogP contribution is 2.43. The highest BCUT2D eigenvalue weighted by molar-refractivity contribution is 6.26. The number of furan rings is 1. The van der Waals surface area contributed by atoms with Gasteiger partial charge in [-0.25, -0.2) is 0 Å². The lowest BCUT2D eigenvalue weighted by Crippen LogP contribution is -1.97. The molecule has 4 aromatic heterocycles. The highest BCUT2D eigenvalue weighted by atomic mass is 16.3. The van der Waals surface area contributed by atoms with Crippen molar-refractivity contribution in [1.82, 2.24) is 13.7 Å². The van der Waals surface area contributed by atoms with E-state index in [9.17, 15) is 0 Å². The zero-order valence-corrected chi connectivity index (χ0v) is 28.0. The standard InChI is InChI=1S/C48H29N3O/c1-6-16-40-33(11-1)34-12-2-7-17-41(34)49(40)30-21-23-31(24-22-30)50-43-19-9-4-15-38(43)47-44(50)27-26-37-35-13-3-8-18-42(35)51(48(37)47)32-25-28-46-39(29-32)36-14-5-10-20-45(36)52-46/h1-29H. The van der Waals surface area contributed by atoms with E-state index < -0.39 is 0 Å². The number of rotatable bonds is 3. The van der Waals surface area contributed by atoms with Gasteiger partial charge in [-0.1, -0.05) is 97.1 Å². The SMILES string of the molecule is c1ccc2c(c1)oc1ccc(-n3c4ccccc4c4ccc5c(c6ccccc6n5-c5ccc(-n6c7ccccc7c7ccccc76)cc5)c43)cc12. The average molecular weight is 664 g/mol. The van der Waals surface area contributed by atoms with Crippen molar-refractivity contribution in [2.75, 3.05) is 0 Å². The Balaban J connectivity index is 1.13. The van der Waals surface area contributed by atoms with Crippen LogP contribution in [0.15, 0.2) is 180 Å². The van der Waals surface area contributed by atoms with Gasteiger partial charge in [0.1, 0.15) is 11.2 Å². The predicted octanol–water partition coefficient (Wildman–Crippen LogP) is 12.9. The molecule has 12 aromatic rings. The summed E-state index contributed by atoms with van der Waals surface area (Å²) >= 11 is 0. The van der Waals surface area contributed by atoms with E-state index in [1.807, 2.05) is 12.1 Å². The van der Waals surface area contributed by atoms with Crippen molar-refractivity contribution in [2.45, 2.75) is 0 Å². The summed E-state index contributed by atoms with van der Waals surface area (Å²) in [6, 6.07) is 63.5. The van der Waals surface area contributed by atoms with Gasteiger partial charge in [0.15, 0.2) is 0 Å².